The van der Waals surface area contributed by atoms with Crippen molar-refractivity contribution < 1.29 is 0 Å². The largest absolute Gasteiger partial charge is 0.399 e. The van der Waals surface area contributed by atoms with Gasteiger partial charge >= 0.3 is 0 Å². The summed E-state index contributed by atoms with van der Waals surface area (Å²) < 4.78 is 0. The van der Waals surface area contributed by atoms with Crippen LogP contribution >= 0.6 is 11.3 Å². The Kier molecular flexibility index (Phi) is 3.32. The number of anilines is 2. The zero-order valence-corrected chi connectivity index (χ0v) is 12.4. The van der Waals surface area contributed by atoms with Crippen molar-refractivity contribution in [1.29, 1.82) is 0 Å². The molecule has 0 saturated carbocycles. The van der Waals surface area contributed by atoms with Crippen LogP contribution in [0.4, 0.5) is 11.4 Å². The van der Waals surface area contributed by atoms with Crippen LogP contribution in [0.25, 0.3) is 10.9 Å². The van der Waals surface area contributed by atoms with Crippen molar-refractivity contribution in [2.45, 2.75) is 20.4 Å². The van der Waals surface area contributed by atoms with E-state index < -0.39 is 0 Å². The number of nitrogen functional groups attached to an aromatic ring is 1. The van der Waals surface area contributed by atoms with E-state index in [-0.39, 0.29) is 0 Å². The quantitative estimate of drug-likeness (QED) is 0.711. The molecule has 3 nitrogen and oxygen atoms in total. The van der Waals surface area contributed by atoms with Crippen LogP contribution < -0.4 is 11.1 Å². The first-order valence-electron chi connectivity index (χ1n) is 6.58. The molecule has 0 radical (unpaired) electrons. The molecule has 0 spiro atoms. The Labute approximate surface area is 122 Å². The topological polar surface area (TPSA) is 50.9 Å². The molecule has 0 bridgehead atoms. The standard InChI is InChI=1S/C16H17N3S/c1-10-7-16(18-9-13-5-3-11(2)20-13)14-8-12(17)4-6-15(14)19-10/h3-8H,9,17H2,1-2H3,(H,18,19). The Hall–Kier alpha value is -2.07. The maximum absolute atomic E-state index is 5.89. The molecule has 102 valence electrons. The molecule has 3 aromatic rings. The van der Waals surface area contributed by atoms with E-state index in [1.165, 1.54) is 9.75 Å². The fourth-order valence-corrected chi connectivity index (χ4v) is 3.11. The number of nitrogens with two attached hydrogens (primary N) is 1. The van der Waals surface area contributed by atoms with Gasteiger partial charge in [0.2, 0.25) is 0 Å². The summed E-state index contributed by atoms with van der Waals surface area (Å²) in [7, 11) is 0. The number of rotatable bonds is 3. The molecule has 0 fully saturated rings. The van der Waals surface area contributed by atoms with Gasteiger partial charge in [0.05, 0.1) is 5.52 Å². The van der Waals surface area contributed by atoms with Gasteiger partial charge in [0, 0.05) is 38.8 Å². The second-order valence-corrected chi connectivity index (χ2v) is 6.33. The van der Waals surface area contributed by atoms with E-state index in [0.29, 0.717) is 0 Å². The highest BCUT2D eigenvalue weighted by atomic mass is 32.1. The van der Waals surface area contributed by atoms with Crippen LogP contribution in [0.5, 0.6) is 0 Å². The van der Waals surface area contributed by atoms with Gasteiger partial charge in [-0.05, 0) is 50.2 Å². The number of thiophene rings is 1. The van der Waals surface area contributed by atoms with Gasteiger partial charge in [-0.1, -0.05) is 0 Å². The molecule has 0 amide bonds. The van der Waals surface area contributed by atoms with Gasteiger partial charge in [-0.25, -0.2) is 0 Å². The monoisotopic (exact) mass is 283 g/mol. The van der Waals surface area contributed by atoms with Crippen LogP contribution in [0, 0.1) is 13.8 Å². The van der Waals surface area contributed by atoms with Crippen molar-refractivity contribution in [1.82, 2.24) is 4.98 Å². The summed E-state index contributed by atoms with van der Waals surface area (Å²) in [6.45, 7) is 4.96. The van der Waals surface area contributed by atoms with Crippen LogP contribution in [0.1, 0.15) is 15.4 Å². The Morgan fingerprint density at radius 1 is 1.15 bits per heavy atom. The molecule has 3 N–H and O–H groups in total. The zero-order chi connectivity index (χ0) is 14.1. The van der Waals surface area contributed by atoms with E-state index in [9.17, 15) is 0 Å². The van der Waals surface area contributed by atoms with Crippen molar-refractivity contribution in [2.24, 2.45) is 0 Å². The van der Waals surface area contributed by atoms with Gasteiger partial charge in [-0.2, -0.15) is 0 Å². The van der Waals surface area contributed by atoms with Crippen LogP contribution in [0.15, 0.2) is 36.4 Å². The number of hydrogen-bond donors (Lipinski definition) is 2. The number of fused-ring (bicyclic) bond motifs is 1. The summed E-state index contributed by atoms with van der Waals surface area (Å²) in [6.07, 6.45) is 0. The minimum Gasteiger partial charge on any atom is -0.399 e. The molecule has 0 atom stereocenters. The first kappa shape index (κ1) is 12.9. The highest BCUT2D eigenvalue weighted by Crippen LogP contribution is 2.26. The highest BCUT2D eigenvalue weighted by Gasteiger charge is 2.05. The van der Waals surface area contributed by atoms with Gasteiger partial charge in [0.25, 0.3) is 0 Å². The Bertz CT molecular complexity index is 762. The average Bonchev–Trinajstić information content (AvgIpc) is 2.82. The number of aromatic nitrogens is 1. The second-order valence-electron chi connectivity index (χ2n) is 4.95. The van der Waals surface area contributed by atoms with Crippen LogP contribution in [0.3, 0.4) is 0 Å². The first-order chi connectivity index (χ1) is 9.61. The third-order valence-corrected chi connectivity index (χ3v) is 4.21. The molecule has 0 aliphatic rings. The SMILES string of the molecule is Cc1cc(NCc2ccc(C)s2)c2cc(N)ccc2n1. The molecule has 4 heteroatoms. The number of hydrogen-bond acceptors (Lipinski definition) is 4. The minimum absolute atomic E-state index is 0.762. The van der Waals surface area contributed by atoms with Crippen LogP contribution in [-0.4, -0.2) is 4.98 Å². The van der Waals surface area contributed by atoms with E-state index >= 15 is 0 Å². The molecule has 20 heavy (non-hydrogen) atoms. The number of nitrogens with one attached hydrogen (secondary N) is 1. The summed E-state index contributed by atoms with van der Waals surface area (Å²) in [5, 5.41) is 4.57. The number of benzene rings is 1. The Morgan fingerprint density at radius 3 is 2.75 bits per heavy atom. The molecule has 0 unspecified atom stereocenters. The van der Waals surface area contributed by atoms with Crippen molar-refractivity contribution in [2.75, 3.05) is 11.1 Å². The van der Waals surface area contributed by atoms with Gasteiger partial charge in [0.1, 0.15) is 0 Å². The van der Waals surface area contributed by atoms with Crippen molar-refractivity contribution in [3.63, 3.8) is 0 Å². The normalized spacial score (nSPS) is 10.9. The second kappa shape index (κ2) is 5.13. The maximum atomic E-state index is 5.89. The molecule has 0 aliphatic heterocycles. The molecular weight excluding hydrogens is 266 g/mol. The molecular formula is C16H17N3S. The van der Waals surface area contributed by atoms with E-state index in [2.05, 4.69) is 35.4 Å². The lowest BCUT2D eigenvalue weighted by Gasteiger charge is -2.10. The predicted octanol–water partition coefficient (Wildman–Crippen LogP) is 4.11. The highest BCUT2D eigenvalue weighted by molar-refractivity contribution is 7.11. The third kappa shape index (κ3) is 2.60. The van der Waals surface area contributed by atoms with E-state index in [4.69, 9.17) is 5.73 Å². The summed E-state index contributed by atoms with van der Waals surface area (Å²) in [5.74, 6) is 0. The zero-order valence-electron chi connectivity index (χ0n) is 11.6. The molecule has 2 heterocycles. The van der Waals surface area contributed by atoms with Crippen LogP contribution in [0.2, 0.25) is 0 Å². The van der Waals surface area contributed by atoms with Gasteiger partial charge in [0.15, 0.2) is 0 Å². The molecule has 2 aromatic heterocycles. The average molecular weight is 283 g/mol. The minimum atomic E-state index is 0.762. The van der Waals surface area contributed by atoms with Gasteiger partial charge in [-0.3, -0.25) is 4.98 Å². The molecule has 0 aliphatic carbocycles. The molecule has 3 rings (SSSR count). The maximum Gasteiger partial charge on any atom is 0.0727 e. The lowest BCUT2D eigenvalue weighted by Crippen LogP contribution is -2.00. The fraction of sp³-hybridized carbons (Fsp3) is 0.188. The number of pyridine rings is 1. The number of aryl methyl sites for hydroxylation is 2. The molecule has 0 saturated heterocycles. The van der Waals surface area contributed by atoms with Crippen molar-refractivity contribution in [3.8, 4) is 0 Å². The summed E-state index contributed by atoms with van der Waals surface area (Å²) in [6, 6.07) is 12.2. The Morgan fingerprint density at radius 2 is 2.00 bits per heavy atom. The lowest BCUT2D eigenvalue weighted by atomic mass is 10.1. The summed E-state index contributed by atoms with van der Waals surface area (Å²) >= 11 is 1.82. The first-order valence-corrected chi connectivity index (χ1v) is 7.39. The van der Waals surface area contributed by atoms with Crippen LogP contribution in [-0.2, 0) is 6.54 Å². The molecule has 1 aromatic carbocycles. The Balaban J connectivity index is 1.95. The van der Waals surface area contributed by atoms with Crippen molar-refractivity contribution in [3.05, 3.63) is 51.8 Å². The lowest BCUT2D eigenvalue weighted by molar-refractivity contribution is 1.18. The van der Waals surface area contributed by atoms with Gasteiger partial charge in [-0.15, -0.1) is 11.3 Å². The summed E-state index contributed by atoms with van der Waals surface area (Å²) in [5.41, 5.74) is 9.72. The smallest absolute Gasteiger partial charge is 0.0727 e. The van der Waals surface area contributed by atoms with Gasteiger partial charge < -0.3 is 11.1 Å². The number of nitrogens with zero attached hydrogens (tertiary/aromatic N) is 1. The third-order valence-electron chi connectivity index (χ3n) is 3.21. The summed E-state index contributed by atoms with van der Waals surface area (Å²) in [4.78, 5) is 7.21. The fourth-order valence-electron chi connectivity index (χ4n) is 2.28. The van der Waals surface area contributed by atoms with E-state index in [1.807, 2.05) is 36.5 Å². The van der Waals surface area contributed by atoms with E-state index in [1.54, 1.807) is 0 Å². The predicted molar refractivity (Wildman–Crippen MR) is 87.3 cm³/mol. The van der Waals surface area contributed by atoms with E-state index in [0.717, 1.165) is 34.5 Å². The van der Waals surface area contributed by atoms with Crippen molar-refractivity contribution >= 4 is 33.6 Å².